The fourth-order valence-corrected chi connectivity index (χ4v) is 0. The summed E-state index contributed by atoms with van der Waals surface area (Å²) in [4.78, 5) is 9.33. The Labute approximate surface area is 61.6 Å². The van der Waals surface area contributed by atoms with Gasteiger partial charge in [0.25, 0.3) is 0 Å². The van der Waals surface area contributed by atoms with Crippen LogP contribution in [0.2, 0.25) is 0 Å². The minimum Gasteiger partial charge on any atom is -0.346 e. The predicted octanol–water partition coefficient (Wildman–Crippen LogP) is 0.869. The summed E-state index contributed by atoms with van der Waals surface area (Å²) in [5.41, 5.74) is 0. The number of hydrogen-bond donors (Lipinski definition) is 0. The summed E-state index contributed by atoms with van der Waals surface area (Å²) in [6.07, 6.45) is 0. The molecule has 0 bridgehead atoms. The van der Waals surface area contributed by atoms with E-state index in [4.69, 9.17) is 0 Å². The van der Waals surface area contributed by atoms with Crippen molar-refractivity contribution in [2.45, 2.75) is 13.8 Å². The van der Waals surface area contributed by atoms with Gasteiger partial charge in [0.05, 0.1) is 0 Å². The van der Waals surface area contributed by atoms with E-state index < -0.39 is 0 Å². The fraction of sp³-hybridized carbons (Fsp3) is 0.400. The summed E-state index contributed by atoms with van der Waals surface area (Å²) in [6.45, 7) is 9.42. The molecule has 0 amide bonds. The van der Waals surface area contributed by atoms with Crippen molar-refractivity contribution in [2.24, 2.45) is 0 Å². The van der Waals surface area contributed by atoms with Crippen LogP contribution in [0.15, 0.2) is 0 Å². The molecular formula is C5H10MgO. The van der Waals surface area contributed by atoms with Crippen LogP contribution >= 0.6 is 0 Å². The zero-order chi connectivity index (χ0) is 5.58. The average Bonchev–Trinajstić information content (AvgIpc) is 1.41. The number of ketones is 1. The Morgan fingerprint density at radius 1 is 1.43 bits per heavy atom. The molecule has 0 aromatic rings. The van der Waals surface area contributed by atoms with E-state index in [0.717, 1.165) is 0 Å². The maximum Gasteiger partial charge on any atom is 2.00 e. The summed E-state index contributed by atoms with van der Waals surface area (Å²) in [7, 11) is 0. The molecule has 38 valence electrons. The van der Waals surface area contributed by atoms with Crippen LogP contribution in [0, 0.1) is 13.8 Å². The van der Waals surface area contributed by atoms with E-state index in [-0.39, 0.29) is 28.8 Å². The van der Waals surface area contributed by atoms with Gasteiger partial charge >= 0.3 is 23.1 Å². The maximum absolute atomic E-state index is 9.33. The van der Waals surface area contributed by atoms with Crippen LogP contribution in [-0.2, 0) is 4.79 Å². The summed E-state index contributed by atoms with van der Waals surface area (Å²) in [5, 5.41) is 0. The molecule has 2 heteroatoms. The van der Waals surface area contributed by atoms with Crippen molar-refractivity contribution in [2.75, 3.05) is 0 Å². The Balaban J connectivity index is -0.0000000480. The second kappa shape index (κ2) is 16.2. The van der Waals surface area contributed by atoms with Gasteiger partial charge in [0.15, 0.2) is 0 Å². The van der Waals surface area contributed by atoms with Crippen LogP contribution < -0.4 is 0 Å². The van der Waals surface area contributed by atoms with E-state index in [1.165, 1.54) is 6.92 Å². The van der Waals surface area contributed by atoms with Gasteiger partial charge in [0.2, 0.25) is 0 Å². The summed E-state index contributed by atoms with van der Waals surface area (Å²) in [5.74, 6) is -0.0833. The predicted molar refractivity (Wildman–Crippen MR) is 32.8 cm³/mol. The van der Waals surface area contributed by atoms with Crippen molar-refractivity contribution in [1.29, 1.82) is 0 Å². The minimum absolute atomic E-state index is 0. The molecule has 0 fully saturated rings. The van der Waals surface area contributed by atoms with E-state index in [1.807, 2.05) is 0 Å². The second-order valence-corrected chi connectivity index (χ2v) is 0.702. The van der Waals surface area contributed by atoms with Crippen LogP contribution in [0.1, 0.15) is 13.8 Å². The normalized spacial score (nSPS) is 4.43. The standard InChI is InChI=1S/C3H5O.C2H5.Mg/c1-3(2)4;1-2;/h1H2,2H3;1H2,2H3;/q2*-1;+2. The number of rotatable bonds is 0. The Morgan fingerprint density at radius 3 is 1.43 bits per heavy atom. The molecule has 0 saturated heterocycles. The van der Waals surface area contributed by atoms with E-state index in [1.54, 1.807) is 6.92 Å². The number of carbonyl (C=O) groups is 1. The van der Waals surface area contributed by atoms with Crippen LogP contribution in [0.3, 0.4) is 0 Å². The van der Waals surface area contributed by atoms with Gasteiger partial charge in [0, 0.05) is 0 Å². The first-order chi connectivity index (χ1) is 2.73. The van der Waals surface area contributed by atoms with E-state index in [9.17, 15) is 4.79 Å². The molecule has 0 aromatic heterocycles. The first kappa shape index (κ1) is 15.7. The van der Waals surface area contributed by atoms with Crippen molar-refractivity contribution in [3.8, 4) is 0 Å². The van der Waals surface area contributed by atoms with E-state index in [2.05, 4.69) is 13.8 Å². The SMILES string of the molecule is [CH2-]C.[CH2-]C(C)=O.[Mg+2]. The fourth-order valence-electron chi connectivity index (χ4n) is 0. The molecule has 0 heterocycles. The van der Waals surface area contributed by atoms with Gasteiger partial charge in [-0.2, -0.15) is 6.92 Å². The number of Topliss-reactive ketones (excluding diaryl/α,β-unsaturated/α-hetero) is 1. The van der Waals surface area contributed by atoms with Gasteiger partial charge in [-0.25, -0.2) is 0 Å². The van der Waals surface area contributed by atoms with E-state index in [0.29, 0.717) is 0 Å². The van der Waals surface area contributed by atoms with Crippen molar-refractivity contribution in [1.82, 2.24) is 0 Å². The maximum atomic E-state index is 9.33. The minimum atomic E-state index is -0.0833. The van der Waals surface area contributed by atoms with Gasteiger partial charge in [-0.1, -0.05) is 0 Å². The zero-order valence-electron chi connectivity index (χ0n) is 5.03. The molecular weight excluding hydrogens is 100 g/mol. The van der Waals surface area contributed by atoms with Gasteiger partial charge < -0.3 is 18.6 Å². The summed E-state index contributed by atoms with van der Waals surface area (Å²) in [6, 6.07) is 0. The summed E-state index contributed by atoms with van der Waals surface area (Å²) < 4.78 is 0. The van der Waals surface area contributed by atoms with Gasteiger partial charge in [-0.05, 0) is 12.7 Å². The molecule has 0 aliphatic heterocycles. The van der Waals surface area contributed by atoms with Crippen molar-refractivity contribution < 1.29 is 4.79 Å². The van der Waals surface area contributed by atoms with Gasteiger partial charge in [-0.3, -0.25) is 0 Å². The first-order valence-electron chi connectivity index (χ1n) is 1.76. The molecule has 0 saturated carbocycles. The molecule has 0 N–H and O–H groups in total. The zero-order valence-corrected chi connectivity index (χ0v) is 6.44. The Morgan fingerprint density at radius 2 is 1.43 bits per heavy atom. The molecule has 1 nitrogen and oxygen atoms in total. The largest absolute Gasteiger partial charge is 2.00 e. The average molecular weight is 110 g/mol. The van der Waals surface area contributed by atoms with Crippen LogP contribution in [0.5, 0.6) is 0 Å². The Hall–Kier alpha value is 0.306. The monoisotopic (exact) mass is 110 g/mol. The third-order valence-electron chi connectivity index (χ3n) is 0. The smallest absolute Gasteiger partial charge is 0.346 e. The molecule has 7 heavy (non-hydrogen) atoms. The molecule has 0 spiro atoms. The molecule has 0 aliphatic carbocycles. The van der Waals surface area contributed by atoms with Crippen molar-refractivity contribution >= 4 is 28.8 Å². The third kappa shape index (κ3) is 1250. The van der Waals surface area contributed by atoms with Crippen molar-refractivity contribution in [3.63, 3.8) is 0 Å². The van der Waals surface area contributed by atoms with E-state index >= 15 is 0 Å². The molecule has 0 radical (unpaired) electrons. The Kier molecular flexibility index (Phi) is 36.4. The van der Waals surface area contributed by atoms with Gasteiger partial charge in [0.1, 0.15) is 0 Å². The summed E-state index contributed by atoms with van der Waals surface area (Å²) >= 11 is 0. The molecule has 0 aliphatic rings. The number of carbonyl (C=O) groups excluding carboxylic acids is 1. The number of hydrogen-bond acceptors (Lipinski definition) is 1. The van der Waals surface area contributed by atoms with Gasteiger partial charge in [-0.15, -0.1) is 0 Å². The molecule has 0 unspecified atom stereocenters. The second-order valence-electron chi connectivity index (χ2n) is 0.702. The van der Waals surface area contributed by atoms with Crippen molar-refractivity contribution in [3.05, 3.63) is 13.8 Å². The molecule has 0 rings (SSSR count). The van der Waals surface area contributed by atoms with Crippen LogP contribution in [0.25, 0.3) is 0 Å². The van der Waals surface area contributed by atoms with Crippen LogP contribution in [-0.4, -0.2) is 28.8 Å². The molecule has 0 aromatic carbocycles. The molecule has 0 atom stereocenters. The Bertz CT molecular complexity index is 31.1. The first-order valence-corrected chi connectivity index (χ1v) is 1.76. The van der Waals surface area contributed by atoms with Crippen LogP contribution in [0.4, 0.5) is 0 Å². The topological polar surface area (TPSA) is 17.1 Å². The quantitative estimate of drug-likeness (QED) is 0.334. The third-order valence-corrected chi connectivity index (χ3v) is 0.